The van der Waals surface area contributed by atoms with Crippen LogP contribution in [0.25, 0.3) is 0 Å². The summed E-state index contributed by atoms with van der Waals surface area (Å²) in [6.07, 6.45) is 1.42. The van der Waals surface area contributed by atoms with Gasteiger partial charge in [0, 0.05) is 6.20 Å². The second-order valence-corrected chi connectivity index (χ2v) is 6.10. The second-order valence-electron chi connectivity index (χ2n) is 6.10. The van der Waals surface area contributed by atoms with Crippen molar-refractivity contribution in [2.45, 2.75) is 45.7 Å². The summed E-state index contributed by atoms with van der Waals surface area (Å²) in [6, 6.07) is 9.61. The first-order valence-corrected chi connectivity index (χ1v) is 8.02. The number of hydrogen-bond acceptors (Lipinski definition) is 3. The number of carbonyl (C=O) groups is 2. The summed E-state index contributed by atoms with van der Waals surface area (Å²) in [7, 11) is 0. The third-order valence-corrected chi connectivity index (χ3v) is 3.94. The normalized spacial score (nSPS) is 12.2. The van der Waals surface area contributed by atoms with E-state index < -0.39 is 5.97 Å². The first-order chi connectivity index (χ1) is 11.4. The Labute approximate surface area is 141 Å². The van der Waals surface area contributed by atoms with Crippen LogP contribution in [0.1, 0.15) is 60.8 Å². The van der Waals surface area contributed by atoms with Gasteiger partial charge in [-0.3, -0.25) is 14.3 Å². The Morgan fingerprint density at radius 3 is 2.33 bits per heavy atom. The van der Waals surface area contributed by atoms with Gasteiger partial charge in [0.15, 0.2) is 0 Å². The smallest absolute Gasteiger partial charge is 0.305 e. The topological polar surface area (TPSA) is 84.2 Å². The molecule has 0 spiro atoms. The minimum Gasteiger partial charge on any atom is -0.481 e. The zero-order chi connectivity index (χ0) is 17.7. The first kappa shape index (κ1) is 17.7. The summed E-state index contributed by atoms with van der Waals surface area (Å²) in [5, 5.41) is 15.7. The van der Waals surface area contributed by atoms with Gasteiger partial charge in [-0.25, -0.2) is 0 Å². The molecule has 0 saturated heterocycles. The lowest BCUT2D eigenvalue weighted by molar-refractivity contribution is -0.137. The number of carbonyl (C=O) groups excluding carboxylic acids is 1. The Morgan fingerprint density at radius 2 is 1.75 bits per heavy atom. The molecule has 0 fully saturated rings. The molecule has 6 nitrogen and oxygen atoms in total. The maximum atomic E-state index is 12.4. The molecule has 0 saturated carbocycles. The Bertz CT molecular complexity index is 705. The van der Waals surface area contributed by atoms with Gasteiger partial charge >= 0.3 is 5.97 Å². The monoisotopic (exact) mass is 329 g/mol. The van der Waals surface area contributed by atoms with Crippen molar-refractivity contribution >= 4 is 11.9 Å². The number of amides is 1. The highest BCUT2D eigenvalue weighted by Gasteiger charge is 2.16. The molecule has 0 radical (unpaired) electrons. The van der Waals surface area contributed by atoms with Crippen molar-refractivity contribution in [2.24, 2.45) is 0 Å². The van der Waals surface area contributed by atoms with E-state index in [4.69, 9.17) is 5.11 Å². The number of hydrogen-bond donors (Lipinski definition) is 2. The first-order valence-electron chi connectivity index (χ1n) is 8.02. The van der Waals surface area contributed by atoms with Crippen LogP contribution >= 0.6 is 0 Å². The second kappa shape index (κ2) is 7.77. The average Bonchev–Trinajstić information content (AvgIpc) is 3.01. The molecular weight excluding hydrogens is 306 g/mol. The van der Waals surface area contributed by atoms with Gasteiger partial charge in [-0.1, -0.05) is 38.1 Å². The lowest BCUT2D eigenvalue weighted by atomic mass is 9.99. The molecule has 1 aromatic carbocycles. The van der Waals surface area contributed by atoms with E-state index in [9.17, 15) is 9.59 Å². The van der Waals surface area contributed by atoms with Gasteiger partial charge in [0.25, 0.3) is 5.91 Å². The van der Waals surface area contributed by atoms with Gasteiger partial charge in [0.2, 0.25) is 0 Å². The van der Waals surface area contributed by atoms with Gasteiger partial charge in [0.1, 0.15) is 5.69 Å². The van der Waals surface area contributed by atoms with Crippen LogP contribution < -0.4 is 5.32 Å². The van der Waals surface area contributed by atoms with Crippen LogP contribution in [0.5, 0.6) is 0 Å². The summed E-state index contributed by atoms with van der Waals surface area (Å²) in [4.78, 5) is 23.1. The predicted molar refractivity (Wildman–Crippen MR) is 90.9 cm³/mol. The van der Waals surface area contributed by atoms with Gasteiger partial charge in [-0.2, -0.15) is 5.10 Å². The zero-order valence-electron chi connectivity index (χ0n) is 14.2. The van der Waals surface area contributed by atoms with E-state index in [1.807, 2.05) is 19.1 Å². The number of nitrogens with zero attached hydrogens (tertiary/aromatic N) is 2. The van der Waals surface area contributed by atoms with Crippen LogP contribution in [0.15, 0.2) is 36.5 Å². The highest BCUT2D eigenvalue weighted by atomic mass is 16.4. The number of aromatic nitrogens is 2. The molecule has 1 atom stereocenters. The summed E-state index contributed by atoms with van der Waals surface area (Å²) < 4.78 is 1.41. The predicted octanol–water partition coefficient (Wildman–Crippen LogP) is 2.97. The van der Waals surface area contributed by atoms with E-state index in [1.54, 1.807) is 6.07 Å². The minimum absolute atomic E-state index is 0.0752. The van der Waals surface area contributed by atoms with Crippen LogP contribution in [-0.2, 0) is 11.3 Å². The Kier molecular flexibility index (Phi) is 5.73. The van der Waals surface area contributed by atoms with Crippen LogP contribution in [0.3, 0.4) is 0 Å². The number of benzene rings is 1. The molecular formula is C18H23N3O3. The molecule has 24 heavy (non-hydrogen) atoms. The lowest BCUT2D eigenvalue weighted by Crippen LogP contribution is -2.29. The van der Waals surface area contributed by atoms with Crippen molar-refractivity contribution < 1.29 is 14.7 Å². The highest BCUT2D eigenvalue weighted by molar-refractivity contribution is 5.92. The minimum atomic E-state index is -0.921. The number of nitrogens with one attached hydrogen (secondary N) is 1. The third-order valence-electron chi connectivity index (χ3n) is 3.94. The van der Waals surface area contributed by atoms with Crippen molar-refractivity contribution in [3.8, 4) is 0 Å². The molecule has 1 amide bonds. The van der Waals surface area contributed by atoms with Crippen LogP contribution in [0.4, 0.5) is 0 Å². The number of carboxylic acid groups (broad SMARTS) is 1. The van der Waals surface area contributed by atoms with Gasteiger partial charge in [-0.15, -0.1) is 0 Å². The molecule has 0 aliphatic carbocycles. The van der Waals surface area contributed by atoms with Gasteiger partial charge < -0.3 is 10.4 Å². The maximum absolute atomic E-state index is 12.4. The van der Waals surface area contributed by atoms with Crippen LogP contribution in [0.2, 0.25) is 0 Å². The van der Waals surface area contributed by atoms with E-state index in [0.717, 1.165) is 5.56 Å². The fourth-order valence-electron chi connectivity index (χ4n) is 2.43. The molecule has 1 heterocycles. The number of carboxylic acids is 1. The van der Waals surface area contributed by atoms with E-state index in [2.05, 4.69) is 36.4 Å². The molecule has 0 aliphatic rings. The third kappa shape index (κ3) is 4.44. The number of rotatable bonds is 7. The SMILES string of the molecule is CC(C)c1ccc(C(C)NC(=O)c2ccnn2CCC(=O)O)cc1. The fourth-order valence-corrected chi connectivity index (χ4v) is 2.43. The quantitative estimate of drug-likeness (QED) is 0.818. The maximum Gasteiger partial charge on any atom is 0.305 e. The van der Waals surface area contributed by atoms with E-state index in [-0.39, 0.29) is 24.9 Å². The van der Waals surface area contributed by atoms with Crippen molar-refractivity contribution in [2.75, 3.05) is 0 Å². The molecule has 2 N–H and O–H groups in total. The van der Waals surface area contributed by atoms with Crippen molar-refractivity contribution in [1.29, 1.82) is 0 Å². The molecule has 0 aliphatic heterocycles. The average molecular weight is 329 g/mol. The molecule has 1 unspecified atom stereocenters. The fraction of sp³-hybridized carbons (Fsp3) is 0.389. The molecule has 2 aromatic rings. The van der Waals surface area contributed by atoms with Crippen LogP contribution in [0, 0.1) is 0 Å². The summed E-state index contributed by atoms with van der Waals surface area (Å²) in [6.45, 7) is 6.36. The van der Waals surface area contributed by atoms with Crippen molar-refractivity contribution in [3.63, 3.8) is 0 Å². The molecule has 128 valence electrons. The summed E-state index contributed by atoms with van der Waals surface area (Å²) >= 11 is 0. The zero-order valence-corrected chi connectivity index (χ0v) is 14.2. The molecule has 6 heteroatoms. The number of aliphatic carboxylic acids is 1. The summed E-state index contributed by atoms with van der Waals surface area (Å²) in [5.41, 5.74) is 2.63. The van der Waals surface area contributed by atoms with E-state index in [0.29, 0.717) is 11.6 Å². The van der Waals surface area contributed by atoms with Crippen molar-refractivity contribution in [1.82, 2.24) is 15.1 Å². The largest absolute Gasteiger partial charge is 0.481 e. The standard InChI is InChI=1S/C18H23N3O3/c1-12(2)14-4-6-15(7-5-14)13(3)20-18(24)16-8-10-19-21(16)11-9-17(22)23/h4-8,10,12-13H,9,11H2,1-3H3,(H,20,24)(H,22,23). The Balaban J connectivity index is 2.03. The van der Waals surface area contributed by atoms with Crippen molar-refractivity contribution in [3.05, 3.63) is 53.3 Å². The van der Waals surface area contributed by atoms with Gasteiger partial charge in [0.05, 0.1) is 19.0 Å². The van der Waals surface area contributed by atoms with E-state index in [1.165, 1.54) is 16.4 Å². The van der Waals surface area contributed by atoms with Crippen LogP contribution in [-0.4, -0.2) is 26.8 Å². The van der Waals surface area contributed by atoms with Gasteiger partial charge in [-0.05, 0) is 30.0 Å². The Morgan fingerprint density at radius 1 is 1.12 bits per heavy atom. The Hall–Kier alpha value is -2.63. The lowest BCUT2D eigenvalue weighted by Gasteiger charge is -2.16. The summed E-state index contributed by atoms with van der Waals surface area (Å²) in [5.74, 6) is -0.721. The molecule has 1 aromatic heterocycles. The number of aryl methyl sites for hydroxylation is 1. The highest BCUT2D eigenvalue weighted by Crippen LogP contribution is 2.19. The molecule has 0 bridgehead atoms. The molecule has 2 rings (SSSR count). The van der Waals surface area contributed by atoms with E-state index >= 15 is 0 Å².